The second kappa shape index (κ2) is 18.5. The number of nitrogens with one attached hydrogen (secondary N) is 3. The number of amides is 4. The van der Waals surface area contributed by atoms with Gasteiger partial charge in [-0.3, -0.25) is 29.2 Å². The molecule has 2 unspecified atom stereocenters. The van der Waals surface area contributed by atoms with Crippen LogP contribution in [0.15, 0.2) is 34.7 Å². The number of hydroxylamine groups is 2. The first-order chi connectivity index (χ1) is 22.3. The van der Waals surface area contributed by atoms with E-state index in [1.807, 2.05) is 6.92 Å². The third-order valence-corrected chi connectivity index (χ3v) is 6.97. The third kappa shape index (κ3) is 11.4. The zero-order valence-corrected chi connectivity index (χ0v) is 25.8. The van der Waals surface area contributed by atoms with Crippen molar-refractivity contribution in [3.8, 4) is 17.1 Å². The Labute approximate surface area is 268 Å². The number of hydrogen-bond donors (Lipinski definition) is 7. The standard InChI is InChI=1S/C30H38N4O13/c1-3-5-6-7-18(21(4-2)34(45)16-35)27(40)31-15-32-29(42)23-11-10-22(47-23)17-8-9-19(24(12-17)46-14-26(38)39)28(41)33-20(30(43)44)13-25(36)37/h8-12,16,18,20-21,45H,3-7,13-15H2,1-2H3,(H,31,40)(H,32,42)(H,33,41)(H,36,37)(H,38,39)(H,43,44)/t18?,20?,21-/m1/s1. The fourth-order valence-electron chi connectivity index (χ4n) is 4.62. The van der Waals surface area contributed by atoms with Gasteiger partial charge in [0.05, 0.1) is 30.6 Å². The first-order valence-corrected chi connectivity index (χ1v) is 14.6. The second-order valence-electron chi connectivity index (χ2n) is 10.3. The molecule has 2 aromatic rings. The maximum Gasteiger partial charge on any atom is 0.341 e. The number of aliphatic carboxylic acids is 3. The number of unbranched alkanes of at least 4 members (excludes halogenated alkanes) is 2. The molecule has 0 aliphatic heterocycles. The van der Waals surface area contributed by atoms with E-state index in [-0.39, 0.29) is 41.5 Å². The van der Waals surface area contributed by atoms with E-state index in [2.05, 4.69) is 16.0 Å². The summed E-state index contributed by atoms with van der Waals surface area (Å²) < 4.78 is 10.8. The van der Waals surface area contributed by atoms with Gasteiger partial charge in [-0.05, 0) is 37.1 Å². The van der Waals surface area contributed by atoms with Crippen molar-refractivity contribution in [2.75, 3.05) is 13.3 Å². The van der Waals surface area contributed by atoms with Crippen LogP contribution in [-0.2, 0) is 24.0 Å². The number of benzene rings is 1. The summed E-state index contributed by atoms with van der Waals surface area (Å²) in [6.07, 6.45) is 2.52. The molecule has 0 saturated carbocycles. The van der Waals surface area contributed by atoms with Crippen molar-refractivity contribution in [2.24, 2.45) is 5.92 Å². The van der Waals surface area contributed by atoms with Crippen molar-refractivity contribution in [1.82, 2.24) is 21.0 Å². The summed E-state index contributed by atoms with van der Waals surface area (Å²) in [7, 11) is 0. The molecule has 256 valence electrons. The van der Waals surface area contributed by atoms with Crippen LogP contribution in [0.2, 0.25) is 0 Å². The maximum atomic E-state index is 12.9. The van der Waals surface area contributed by atoms with Crippen LogP contribution in [0.25, 0.3) is 11.3 Å². The molecule has 47 heavy (non-hydrogen) atoms. The number of ether oxygens (including phenoxy) is 1. The molecule has 3 atom stereocenters. The van der Waals surface area contributed by atoms with Crippen LogP contribution in [0, 0.1) is 5.92 Å². The van der Waals surface area contributed by atoms with Gasteiger partial charge < -0.3 is 40.4 Å². The number of furan rings is 1. The summed E-state index contributed by atoms with van der Waals surface area (Å²) >= 11 is 0. The van der Waals surface area contributed by atoms with Crippen LogP contribution < -0.4 is 20.7 Å². The molecule has 0 bridgehead atoms. The molecule has 0 fully saturated rings. The SMILES string of the molecule is CCCCCC(C(=O)NCNC(=O)c1ccc(-c2ccc(C(=O)NC(CC(=O)O)C(=O)O)c(OCC(=O)O)c2)o1)[C@@H](CC)N(O)C=O. The summed E-state index contributed by atoms with van der Waals surface area (Å²) in [4.78, 5) is 83.0. The van der Waals surface area contributed by atoms with Crippen LogP contribution in [0.4, 0.5) is 0 Å². The highest BCUT2D eigenvalue weighted by atomic mass is 16.5. The molecule has 2 rings (SSSR count). The number of rotatable bonds is 21. The lowest BCUT2D eigenvalue weighted by molar-refractivity contribution is -0.168. The number of hydrogen-bond acceptors (Lipinski definition) is 10. The number of carbonyl (C=O) groups is 7. The van der Waals surface area contributed by atoms with E-state index >= 15 is 0 Å². The van der Waals surface area contributed by atoms with E-state index in [1.165, 1.54) is 30.3 Å². The monoisotopic (exact) mass is 662 g/mol. The Kier molecular flexibility index (Phi) is 14.9. The average Bonchev–Trinajstić information content (AvgIpc) is 3.53. The molecule has 0 radical (unpaired) electrons. The van der Waals surface area contributed by atoms with Gasteiger partial charge in [0, 0.05) is 5.56 Å². The minimum atomic E-state index is -1.77. The predicted molar refractivity (Wildman–Crippen MR) is 160 cm³/mol. The number of nitrogens with zero attached hydrogens (tertiary/aromatic N) is 1. The maximum absolute atomic E-state index is 12.9. The lowest BCUT2D eigenvalue weighted by Gasteiger charge is -2.29. The van der Waals surface area contributed by atoms with Gasteiger partial charge in [0.1, 0.15) is 17.6 Å². The van der Waals surface area contributed by atoms with Crippen LogP contribution in [-0.4, -0.2) is 93.0 Å². The summed E-state index contributed by atoms with van der Waals surface area (Å²) in [5, 5.41) is 44.8. The van der Waals surface area contributed by atoms with E-state index in [0.29, 0.717) is 24.3 Å². The fraction of sp³-hybridized carbons (Fsp3) is 0.433. The Morgan fingerprint density at radius 3 is 2.28 bits per heavy atom. The van der Waals surface area contributed by atoms with Gasteiger partial charge in [0.2, 0.25) is 12.3 Å². The van der Waals surface area contributed by atoms with Gasteiger partial charge in [-0.15, -0.1) is 0 Å². The first-order valence-electron chi connectivity index (χ1n) is 14.6. The van der Waals surface area contributed by atoms with Crippen LogP contribution in [0.3, 0.4) is 0 Å². The predicted octanol–water partition coefficient (Wildman–Crippen LogP) is 1.69. The fourth-order valence-corrected chi connectivity index (χ4v) is 4.62. The molecular weight excluding hydrogens is 624 g/mol. The highest BCUT2D eigenvalue weighted by Crippen LogP contribution is 2.29. The Morgan fingerprint density at radius 1 is 0.957 bits per heavy atom. The molecule has 0 aliphatic rings. The number of carboxylic acids is 3. The topological polar surface area (TPSA) is 262 Å². The highest BCUT2D eigenvalue weighted by Gasteiger charge is 2.31. The van der Waals surface area contributed by atoms with Gasteiger partial charge in [-0.25, -0.2) is 14.7 Å². The smallest absolute Gasteiger partial charge is 0.341 e. The molecule has 17 heteroatoms. The summed E-state index contributed by atoms with van der Waals surface area (Å²) in [6.45, 7) is 2.56. The van der Waals surface area contributed by atoms with Crippen molar-refractivity contribution >= 4 is 42.0 Å². The highest BCUT2D eigenvalue weighted by molar-refractivity contribution is 6.00. The lowest BCUT2D eigenvalue weighted by Crippen LogP contribution is -2.47. The van der Waals surface area contributed by atoms with Crippen LogP contribution in [0.1, 0.15) is 73.3 Å². The molecule has 0 aliphatic carbocycles. The molecule has 0 spiro atoms. The van der Waals surface area contributed by atoms with Crippen LogP contribution in [0.5, 0.6) is 5.75 Å². The second-order valence-corrected chi connectivity index (χ2v) is 10.3. The minimum Gasteiger partial charge on any atom is -0.481 e. The molecule has 1 heterocycles. The number of carboxylic acid groups (broad SMARTS) is 3. The zero-order valence-electron chi connectivity index (χ0n) is 25.8. The number of carbonyl (C=O) groups excluding carboxylic acids is 4. The molecule has 7 N–H and O–H groups in total. The van der Waals surface area contributed by atoms with Crippen LogP contribution >= 0.6 is 0 Å². The Morgan fingerprint density at radius 2 is 1.68 bits per heavy atom. The molecular formula is C30H38N4O13. The Bertz CT molecular complexity index is 1440. The van der Waals surface area contributed by atoms with E-state index in [9.17, 15) is 43.9 Å². The largest absolute Gasteiger partial charge is 0.481 e. The first kappa shape index (κ1) is 37.7. The Balaban J connectivity index is 2.17. The summed E-state index contributed by atoms with van der Waals surface area (Å²) in [6, 6.07) is 3.95. The van der Waals surface area contributed by atoms with E-state index < -0.39 is 66.7 Å². The molecule has 4 amide bonds. The summed E-state index contributed by atoms with van der Waals surface area (Å²) in [5.41, 5.74) is -0.0541. The van der Waals surface area contributed by atoms with Gasteiger partial charge >= 0.3 is 17.9 Å². The van der Waals surface area contributed by atoms with Crippen molar-refractivity contribution in [3.63, 3.8) is 0 Å². The van der Waals surface area contributed by atoms with Crippen molar-refractivity contribution in [3.05, 3.63) is 41.7 Å². The van der Waals surface area contributed by atoms with Gasteiger partial charge in [-0.2, -0.15) is 0 Å². The van der Waals surface area contributed by atoms with Crippen molar-refractivity contribution in [2.45, 2.75) is 64.5 Å². The zero-order chi connectivity index (χ0) is 35.1. The van der Waals surface area contributed by atoms with E-state index in [1.54, 1.807) is 6.92 Å². The van der Waals surface area contributed by atoms with Crippen molar-refractivity contribution in [1.29, 1.82) is 0 Å². The lowest BCUT2D eigenvalue weighted by atomic mass is 9.90. The van der Waals surface area contributed by atoms with E-state index in [4.69, 9.17) is 19.4 Å². The molecule has 0 saturated heterocycles. The van der Waals surface area contributed by atoms with E-state index in [0.717, 1.165) is 12.8 Å². The molecule has 1 aromatic carbocycles. The molecule has 17 nitrogen and oxygen atoms in total. The van der Waals surface area contributed by atoms with Gasteiger partial charge in [0.25, 0.3) is 11.8 Å². The minimum absolute atomic E-state index is 0.0966. The van der Waals surface area contributed by atoms with Gasteiger partial charge in [-0.1, -0.05) is 39.2 Å². The summed E-state index contributed by atoms with van der Waals surface area (Å²) in [5.74, 6) is -7.75. The quantitative estimate of drug-likeness (QED) is 0.0330. The average molecular weight is 663 g/mol. The van der Waals surface area contributed by atoms with Gasteiger partial charge in [0.15, 0.2) is 12.4 Å². The Hall–Kier alpha value is -5.45. The normalized spacial score (nSPS) is 12.6. The third-order valence-electron chi connectivity index (χ3n) is 6.97. The molecule has 1 aromatic heterocycles. The van der Waals surface area contributed by atoms with Crippen molar-refractivity contribution < 1.29 is 63.2 Å².